The summed E-state index contributed by atoms with van der Waals surface area (Å²) in [4.78, 5) is 26.9. The molecule has 35 heavy (non-hydrogen) atoms. The van der Waals surface area contributed by atoms with Crippen LogP contribution in [0.15, 0.2) is 71.7 Å². The highest BCUT2D eigenvalue weighted by molar-refractivity contribution is 5.76. The van der Waals surface area contributed by atoms with Crippen molar-refractivity contribution in [3.05, 3.63) is 88.3 Å². The minimum Gasteiger partial charge on any atom is -0.369 e. The molecule has 7 heteroatoms. The fourth-order valence-corrected chi connectivity index (χ4v) is 4.87. The average Bonchev–Trinajstić information content (AvgIpc) is 3.73. The van der Waals surface area contributed by atoms with E-state index in [9.17, 15) is 4.79 Å². The molecular weight excluding hydrogens is 436 g/mol. The molecule has 2 aliphatic rings. The van der Waals surface area contributed by atoms with E-state index in [2.05, 4.69) is 69.6 Å². The van der Waals surface area contributed by atoms with Gasteiger partial charge in [0, 0.05) is 55.2 Å². The summed E-state index contributed by atoms with van der Waals surface area (Å²) in [5.74, 6) is 1.11. The summed E-state index contributed by atoms with van der Waals surface area (Å²) in [7, 11) is 2.17. The average molecular weight is 467 g/mol. The number of fused-ring (bicyclic) bond motifs is 1. The van der Waals surface area contributed by atoms with E-state index < -0.39 is 0 Å². The van der Waals surface area contributed by atoms with Gasteiger partial charge in [0.2, 0.25) is 5.95 Å². The molecule has 178 valence electrons. The van der Waals surface area contributed by atoms with Crippen molar-refractivity contribution in [2.45, 2.75) is 25.3 Å². The minimum atomic E-state index is -0.0516. The number of nitrogens with one attached hydrogen (secondary N) is 1. The topological polar surface area (TPSA) is 66.3 Å². The Kier molecular flexibility index (Phi) is 5.70. The molecule has 0 spiro atoms. The van der Waals surface area contributed by atoms with E-state index in [0.717, 1.165) is 37.3 Å². The zero-order valence-electron chi connectivity index (χ0n) is 20.0. The maximum Gasteiger partial charge on any atom is 0.252 e. The van der Waals surface area contributed by atoms with Gasteiger partial charge in [0.05, 0.1) is 6.54 Å². The minimum absolute atomic E-state index is 0.0516. The van der Waals surface area contributed by atoms with E-state index in [0.29, 0.717) is 24.1 Å². The molecule has 3 heterocycles. The molecule has 7 nitrogen and oxygen atoms in total. The van der Waals surface area contributed by atoms with E-state index in [1.165, 1.54) is 29.7 Å². The second kappa shape index (κ2) is 9.15. The van der Waals surface area contributed by atoms with Crippen molar-refractivity contribution in [2.75, 3.05) is 43.4 Å². The SMILES string of the molecule is CN1CCN(c2ccc(Nc3ncc4ccc(=O)n(Cc5ccccc5C5CC5)c4n3)cc2)CC1. The molecule has 1 saturated carbocycles. The Bertz CT molecular complexity index is 1400. The van der Waals surface area contributed by atoms with Gasteiger partial charge in [-0.05, 0) is 67.3 Å². The quantitative estimate of drug-likeness (QED) is 0.459. The first-order chi connectivity index (χ1) is 17.1. The Morgan fingerprint density at radius 2 is 1.71 bits per heavy atom. The van der Waals surface area contributed by atoms with Gasteiger partial charge in [-0.25, -0.2) is 4.98 Å². The fraction of sp³-hybridized carbons (Fsp3) is 0.321. The molecule has 0 unspecified atom stereocenters. The normalized spacial score (nSPS) is 16.5. The molecule has 2 aromatic heterocycles. The van der Waals surface area contributed by atoms with Gasteiger partial charge in [-0.3, -0.25) is 9.36 Å². The van der Waals surface area contributed by atoms with E-state index in [1.807, 2.05) is 6.07 Å². The highest BCUT2D eigenvalue weighted by Crippen LogP contribution is 2.41. The standard InChI is InChI=1S/C28H30N6O/c1-32-14-16-33(17-15-32)24-11-9-23(10-12-24)30-28-29-18-21-8-13-26(35)34(27(21)31-28)19-22-4-2-3-5-25(22)20-6-7-20/h2-5,8-13,18,20H,6-7,14-17,19H2,1H3,(H,29,30,31). The summed E-state index contributed by atoms with van der Waals surface area (Å²) in [6.07, 6.45) is 4.24. The number of piperazine rings is 1. The molecule has 1 N–H and O–H groups in total. The monoisotopic (exact) mass is 466 g/mol. The molecule has 0 amide bonds. The van der Waals surface area contributed by atoms with Gasteiger partial charge in [-0.1, -0.05) is 24.3 Å². The number of aromatic nitrogens is 3. The van der Waals surface area contributed by atoms with Gasteiger partial charge in [0.1, 0.15) is 5.65 Å². The number of nitrogens with zero attached hydrogens (tertiary/aromatic N) is 5. The first-order valence-electron chi connectivity index (χ1n) is 12.4. The lowest BCUT2D eigenvalue weighted by molar-refractivity contribution is 0.313. The third-order valence-corrected chi connectivity index (χ3v) is 7.12. The lowest BCUT2D eigenvalue weighted by Gasteiger charge is -2.34. The lowest BCUT2D eigenvalue weighted by Crippen LogP contribution is -2.44. The van der Waals surface area contributed by atoms with Crippen molar-refractivity contribution in [1.82, 2.24) is 19.4 Å². The van der Waals surface area contributed by atoms with Crippen molar-refractivity contribution in [3.8, 4) is 0 Å². The molecule has 1 aliphatic carbocycles. The molecule has 2 aromatic carbocycles. The molecule has 0 atom stereocenters. The largest absolute Gasteiger partial charge is 0.369 e. The second-order valence-corrected chi connectivity index (χ2v) is 9.67. The fourth-order valence-electron chi connectivity index (χ4n) is 4.87. The smallest absolute Gasteiger partial charge is 0.252 e. The zero-order valence-corrected chi connectivity index (χ0v) is 20.0. The number of hydrogen-bond donors (Lipinski definition) is 1. The Labute approximate surface area is 205 Å². The molecule has 0 bridgehead atoms. The molecule has 6 rings (SSSR count). The lowest BCUT2D eigenvalue weighted by atomic mass is 10.0. The summed E-state index contributed by atoms with van der Waals surface area (Å²) in [6, 6.07) is 20.3. The molecule has 0 radical (unpaired) electrons. The van der Waals surface area contributed by atoms with Gasteiger partial charge in [-0.2, -0.15) is 4.98 Å². The van der Waals surface area contributed by atoms with Crippen molar-refractivity contribution >= 4 is 28.4 Å². The highest BCUT2D eigenvalue weighted by atomic mass is 16.1. The maximum atomic E-state index is 12.9. The van der Waals surface area contributed by atoms with Crippen LogP contribution in [-0.2, 0) is 6.54 Å². The van der Waals surface area contributed by atoms with Crippen LogP contribution in [0.2, 0.25) is 0 Å². The third kappa shape index (κ3) is 4.64. The summed E-state index contributed by atoms with van der Waals surface area (Å²) < 4.78 is 1.76. The van der Waals surface area contributed by atoms with E-state index in [4.69, 9.17) is 4.98 Å². The highest BCUT2D eigenvalue weighted by Gasteiger charge is 2.26. The Hall–Kier alpha value is -3.71. The number of anilines is 3. The number of pyridine rings is 1. The summed E-state index contributed by atoms with van der Waals surface area (Å²) in [6.45, 7) is 4.76. The molecule has 1 aliphatic heterocycles. The van der Waals surface area contributed by atoms with Crippen LogP contribution in [0, 0.1) is 0 Å². The van der Waals surface area contributed by atoms with Crippen LogP contribution in [0.1, 0.15) is 29.9 Å². The number of benzene rings is 2. The predicted octanol–water partition coefficient (Wildman–Crippen LogP) is 4.21. The maximum absolute atomic E-state index is 12.9. The van der Waals surface area contributed by atoms with Crippen molar-refractivity contribution < 1.29 is 0 Å². The van der Waals surface area contributed by atoms with E-state index in [-0.39, 0.29) is 5.56 Å². The molecular formula is C28H30N6O. The number of likely N-dealkylation sites (N-methyl/N-ethyl adjacent to an activating group) is 1. The van der Waals surface area contributed by atoms with Gasteiger partial charge in [-0.15, -0.1) is 0 Å². The van der Waals surface area contributed by atoms with E-state index in [1.54, 1.807) is 22.9 Å². The van der Waals surface area contributed by atoms with Crippen LogP contribution in [-0.4, -0.2) is 52.7 Å². The first-order valence-corrected chi connectivity index (χ1v) is 12.4. The molecule has 1 saturated heterocycles. The van der Waals surface area contributed by atoms with Crippen LogP contribution in [0.4, 0.5) is 17.3 Å². The van der Waals surface area contributed by atoms with Gasteiger partial charge in [0.15, 0.2) is 0 Å². The predicted molar refractivity (Wildman–Crippen MR) is 141 cm³/mol. The first kappa shape index (κ1) is 21.8. The van der Waals surface area contributed by atoms with Crippen molar-refractivity contribution in [2.24, 2.45) is 0 Å². The van der Waals surface area contributed by atoms with Crippen molar-refractivity contribution in [3.63, 3.8) is 0 Å². The van der Waals surface area contributed by atoms with E-state index >= 15 is 0 Å². The number of hydrogen-bond acceptors (Lipinski definition) is 6. The Balaban J connectivity index is 1.26. The van der Waals surface area contributed by atoms with Crippen LogP contribution < -0.4 is 15.8 Å². The molecule has 4 aromatic rings. The van der Waals surface area contributed by atoms with Crippen LogP contribution in [0.5, 0.6) is 0 Å². The second-order valence-electron chi connectivity index (χ2n) is 9.67. The summed E-state index contributed by atoms with van der Waals surface area (Å²) >= 11 is 0. The van der Waals surface area contributed by atoms with Crippen LogP contribution in [0.25, 0.3) is 11.0 Å². The van der Waals surface area contributed by atoms with Crippen LogP contribution in [0.3, 0.4) is 0 Å². The number of rotatable bonds is 6. The molecule has 2 fully saturated rings. The Morgan fingerprint density at radius 3 is 2.49 bits per heavy atom. The van der Waals surface area contributed by atoms with Crippen molar-refractivity contribution in [1.29, 1.82) is 0 Å². The van der Waals surface area contributed by atoms with Gasteiger partial charge < -0.3 is 15.1 Å². The summed E-state index contributed by atoms with van der Waals surface area (Å²) in [5, 5.41) is 4.17. The van der Waals surface area contributed by atoms with Gasteiger partial charge in [0.25, 0.3) is 5.56 Å². The third-order valence-electron chi connectivity index (χ3n) is 7.12. The van der Waals surface area contributed by atoms with Gasteiger partial charge >= 0.3 is 0 Å². The zero-order chi connectivity index (χ0) is 23.8. The summed E-state index contributed by atoms with van der Waals surface area (Å²) in [5.41, 5.74) is 5.29. The van der Waals surface area contributed by atoms with Crippen LogP contribution >= 0.6 is 0 Å². The Morgan fingerprint density at radius 1 is 0.943 bits per heavy atom.